The van der Waals surface area contributed by atoms with Crippen molar-refractivity contribution in [2.24, 2.45) is 0 Å². The highest BCUT2D eigenvalue weighted by atomic mass is 15.3. The first-order valence-corrected chi connectivity index (χ1v) is 11.8. The summed E-state index contributed by atoms with van der Waals surface area (Å²) >= 11 is 0. The second-order valence-electron chi connectivity index (χ2n) is 8.85. The van der Waals surface area contributed by atoms with Crippen LogP contribution in [0.25, 0.3) is 5.65 Å². The summed E-state index contributed by atoms with van der Waals surface area (Å²) in [5.41, 5.74) is 4.96. The van der Waals surface area contributed by atoms with Crippen LogP contribution >= 0.6 is 0 Å². The van der Waals surface area contributed by atoms with Crippen LogP contribution in [0.3, 0.4) is 0 Å². The van der Waals surface area contributed by atoms with Gasteiger partial charge in [-0.25, -0.2) is 4.98 Å². The molecule has 1 aliphatic rings. The van der Waals surface area contributed by atoms with Crippen LogP contribution in [0.2, 0.25) is 0 Å². The SMILES string of the molecule is [B]c1cnn2c(NCc3cccnc3)cc(C3CCCN(CCCc4ccccc4)C3)nc12. The highest BCUT2D eigenvalue weighted by Gasteiger charge is 2.23. The number of aromatic nitrogens is 4. The molecule has 6 nitrogen and oxygen atoms in total. The van der Waals surface area contributed by atoms with Gasteiger partial charge in [-0.3, -0.25) is 4.98 Å². The van der Waals surface area contributed by atoms with E-state index >= 15 is 0 Å². The fourth-order valence-electron chi connectivity index (χ4n) is 4.68. The Morgan fingerprint density at radius 1 is 1.06 bits per heavy atom. The predicted molar refractivity (Wildman–Crippen MR) is 133 cm³/mol. The van der Waals surface area contributed by atoms with E-state index in [-0.39, 0.29) is 0 Å². The van der Waals surface area contributed by atoms with Crippen LogP contribution in [0.4, 0.5) is 5.82 Å². The van der Waals surface area contributed by atoms with Gasteiger partial charge < -0.3 is 10.2 Å². The molecule has 4 aromatic rings. The summed E-state index contributed by atoms with van der Waals surface area (Å²) in [5, 5.41) is 7.95. The van der Waals surface area contributed by atoms with Crippen molar-refractivity contribution < 1.29 is 0 Å². The number of benzene rings is 1. The van der Waals surface area contributed by atoms with Crippen LogP contribution in [0, 0.1) is 0 Å². The van der Waals surface area contributed by atoms with Gasteiger partial charge in [0.05, 0.1) is 5.69 Å². The highest BCUT2D eigenvalue weighted by molar-refractivity contribution is 6.36. The number of rotatable bonds is 8. The molecule has 1 fully saturated rings. The smallest absolute Gasteiger partial charge is 0.150 e. The molecule has 0 saturated carbocycles. The topological polar surface area (TPSA) is 58.4 Å². The predicted octanol–water partition coefficient (Wildman–Crippen LogP) is 3.34. The molecular formula is C26H29BN6. The molecule has 1 unspecified atom stereocenters. The van der Waals surface area contributed by atoms with Gasteiger partial charge in [0, 0.05) is 43.7 Å². The minimum atomic E-state index is 0.397. The number of hydrogen-bond donors (Lipinski definition) is 1. The van der Waals surface area contributed by atoms with E-state index in [2.05, 4.69) is 62.8 Å². The third-order valence-electron chi connectivity index (χ3n) is 6.42. The Bertz CT molecular complexity index is 1180. The number of hydrogen-bond acceptors (Lipinski definition) is 5. The number of fused-ring (bicyclic) bond motifs is 1. The molecule has 0 aliphatic carbocycles. The maximum atomic E-state index is 6.21. The van der Waals surface area contributed by atoms with E-state index in [9.17, 15) is 0 Å². The molecule has 0 bridgehead atoms. The van der Waals surface area contributed by atoms with Gasteiger partial charge in [0.1, 0.15) is 13.7 Å². The van der Waals surface area contributed by atoms with Crippen molar-refractivity contribution in [3.8, 4) is 0 Å². The van der Waals surface area contributed by atoms with Gasteiger partial charge in [-0.05, 0) is 61.4 Å². The molecular weight excluding hydrogens is 407 g/mol. The van der Waals surface area contributed by atoms with E-state index in [0.717, 1.165) is 55.2 Å². The van der Waals surface area contributed by atoms with E-state index in [0.29, 0.717) is 17.9 Å². The number of nitrogens with one attached hydrogen (secondary N) is 1. The Morgan fingerprint density at radius 3 is 2.79 bits per heavy atom. The van der Waals surface area contributed by atoms with Crippen LogP contribution in [-0.4, -0.2) is 52.0 Å². The van der Waals surface area contributed by atoms with E-state index in [4.69, 9.17) is 12.8 Å². The van der Waals surface area contributed by atoms with Crippen molar-refractivity contribution in [1.29, 1.82) is 0 Å². The zero-order valence-corrected chi connectivity index (χ0v) is 18.9. The number of piperidine rings is 1. The number of anilines is 1. The Labute approximate surface area is 196 Å². The van der Waals surface area contributed by atoms with Crippen LogP contribution in [0.1, 0.15) is 42.0 Å². The van der Waals surface area contributed by atoms with Gasteiger partial charge in [-0.2, -0.15) is 9.61 Å². The molecule has 0 spiro atoms. The molecule has 0 amide bonds. The normalized spacial score (nSPS) is 16.8. The zero-order valence-electron chi connectivity index (χ0n) is 18.9. The molecule has 1 N–H and O–H groups in total. The lowest BCUT2D eigenvalue weighted by Gasteiger charge is -2.32. The lowest BCUT2D eigenvalue weighted by atomic mass is 9.93. The summed E-state index contributed by atoms with van der Waals surface area (Å²) in [5.74, 6) is 1.31. The molecule has 33 heavy (non-hydrogen) atoms. The van der Waals surface area contributed by atoms with Crippen LogP contribution in [0.5, 0.6) is 0 Å². The molecule has 2 radical (unpaired) electrons. The summed E-state index contributed by atoms with van der Waals surface area (Å²) in [6.45, 7) is 3.99. The van der Waals surface area contributed by atoms with E-state index < -0.39 is 0 Å². The first-order valence-electron chi connectivity index (χ1n) is 11.8. The fourth-order valence-corrected chi connectivity index (χ4v) is 4.68. The molecule has 5 rings (SSSR count). The second-order valence-corrected chi connectivity index (χ2v) is 8.85. The Kier molecular flexibility index (Phi) is 6.67. The van der Waals surface area contributed by atoms with Crippen molar-refractivity contribution in [1.82, 2.24) is 24.5 Å². The summed E-state index contributed by atoms with van der Waals surface area (Å²) < 4.78 is 1.80. The van der Waals surface area contributed by atoms with E-state index in [1.54, 1.807) is 16.9 Å². The molecule has 1 saturated heterocycles. The summed E-state index contributed by atoms with van der Waals surface area (Å²) in [6.07, 6.45) is 9.98. The summed E-state index contributed by atoms with van der Waals surface area (Å²) in [7, 11) is 6.21. The monoisotopic (exact) mass is 436 g/mol. The summed E-state index contributed by atoms with van der Waals surface area (Å²) in [6, 6.07) is 16.9. The fraction of sp³-hybridized carbons (Fsp3) is 0.346. The Morgan fingerprint density at radius 2 is 1.94 bits per heavy atom. The number of likely N-dealkylation sites (tertiary alicyclic amines) is 1. The quantitative estimate of drug-likeness (QED) is 0.430. The lowest BCUT2D eigenvalue weighted by molar-refractivity contribution is 0.204. The van der Waals surface area contributed by atoms with E-state index in [1.165, 1.54) is 18.4 Å². The number of pyridine rings is 1. The first-order chi connectivity index (χ1) is 16.3. The van der Waals surface area contributed by atoms with Crippen molar-refractivity contribution in [2.45, 2.75) is 38.1 Å². The minimum Gasteiger partial charge on any atom is -0.366 e. The van der Waals surface area contributed by atoms with Crippen LogP contribution < -0.4 is 10.8 Å². The van der Waals surface area contributed by atoms with Gasteiger partial charge in [0.2, 0.25) is 0 Å². The lowest BCUT2D eigenvalue weighted by Crippen LogP contribution is -2.35. The second kappa shape index (κ2) is 10.2. The third-order valence-corrected chi connectivity index (χ3v) is 6.42. The molecule has 1 atom stereocenters. The van der Waals surface area contributed by atoms with Crippen LogP contribution in [0.15, 0.2) is 67.1 Å². The van der Waals surface area contributed by atoms with Gasteiger partial charge in [0.25, 0.3) is 0 Å². The third kappa shape index (κ3) is 5.25. The number of nitrogens with zero attached hydrogens (tertiary/aromatic N) is 5. The molecule has 4 heterocycles. The van der Waals surface area contributed by atoms with Crippen molar-refractivity contribution >= 4 is 24.8 Å². The molecule has 7 heteroatoms. The van der Waals surface area contributed by atoms with Gasteiger partial charge in [-0.15, -0.1) is 0 Å². The maximum absolute atomic E-state index is 6.21. The van der Waals surface area contributed by atoms with Gasteiger partial charge in [-0.1, -0.05) is 36.4 Å². The first kappa shape index (κ1) is 21.6. The van der Waals surface area contributed by atoms with Crippen molar-refractivity contribution in [3.05, 3.63) is 83.9 Å². The average Bonchev–Trinajstić information content (AvgIpc) is 3.25. The van der Waals surface area contributed by atoms with Gasteiger partial charge >= 0.3 is 0 Å². The van der Waals surface area contributed by atoms with Gasteiger partial charge in [0.15, 0.2) is 5.65 Å². The number of aryl methyl sites for hydroxylation is 1. The Hall–Kier alpha value is -3.19. The maximum Gasteiger partial charge on any atom is 0.150 e. The van der Waals surface area contributed by atoms with E-state index in [1.807, 2.05) is 12.3 Å². The molecule has 166 valence electrons. The molecule has 3 aromatic heterocycles. The molecule has 1 aliphatic heterocycles. The van der Waals surface area contributed by atoms with Crippen molar-refractivity contribution in [3.63, 3.8) is 0 Å². The minimum absolute atomic E-state index is 0.397. The standard InChI is InChI=1S/C26H29BN6/c27-23-18-30-33-25(29-17-21-9-4-12-28-16-21)15-24(31-26(23)33)22-11-6-14-32(19-22)13-5-10-20-7-2-1-3-8-20/h1-4,7-9,12,15-16,18,22,29H,5-6,10-11,13-14,17,19H2. The summed E-state index contributed by atoms with van der Waals surface area (Å²) in [4.78, 5) is 11.7. The average molecular weight is 436 g/mol. The zero-order chi connectivity index (χ0) is 22.5. The Balaban J connectivity index is 1.29. The van der Waals surface area contributed by atoms with Crippen molar-refractivity contribution in [2.75, 3.05) is 25.0 Å². The molecule has 1 aromatic carbocycles. The highest BCUT2D eigenvalue weighted by Crippen LogP contribution is 2.28. The largest absolute Gasteiger partial charge is 0.366 e. The van der Waals surface area contributed by atoms with Crippen LogP contribution in [-0.2, 0) is 13.0 Å².